The summed E-state index contributed by atoms with van der Waals surface area (Å²) < 4.78 is 10.5. The van der Waals surface area contributed by atoms with Gasteiger partial charge in [0.05, 0.1) is 11.9 Å². The van der Waals surface area contributed by atoms with Crippen molar-refractivity contribution in [3.05, 3.63) is 36.1 Å². The SMILES string of the molecule is COCCC(C)(O)CNCc1coc2ccccc12. The van der Waals surface area contributed by atoms with E-state index in [1.54, 1.807) is 13.4 Å². The number of hydrogen-bond acceptors (Lipinski definition) is 4. The molecular weight excluding hydrogens is 242 g/mol. The van der Waals surface area contributed by atoms with E-state index in [1.807, 2.05) is 31.2 Å². The predicted molar refractivity (Wildman–Crippen MR) is 75.0 cm³/mol. The molecule has 1 aromatic carbocycles. The molecule has 0 aliphatic heterocycles. The van der Waals surface area contributed by atoms with Gasteiger partial charge in [-0.2, -0.15) is 0 Å². The fraction of sp³-hybridized carbons (Fsp3) is 0.467. The molecule has 4 nitrogen and oxygen atoms in total. The third-order valence-electron chi connectivity index (χ3n) is 3.23. The molecule has 0 aliphatic carbocycles. The lowest BCUT2D eigenvalue weighted by atomic mass is 10.0. The first-order valence-electron chi connectivity index (χ1n) is 6.49. The molecule has 0 saturated heterocycles. The molecular formula is C15H21NO3. The van der Waals surface area contributed by atoms with E-state index in [1.165, 1.54) is 0 Å². The average Bonchev–Trinajstić information content (AvgIpc) is 2.80. The highest BCUT2D eigenvalue weighted by Crippen LogP contribution is 2.20. The van der Waals surface area contributed by atoms with Gasteiger partial charge in [0.25, 0.3) is 0 Å². The third kappa shape index (κ3) is 3.80. The van der Waals surface area contributed by atoms with Gasteiger partial charge in [0.2, 0.25) is 0 Å². The molecule has 0 fully saturated rings. The minimum Gasteiger partial charge on any atom is -0.464 e. The Labute approximate surface area is 113 Å². The molecule has 2 N–H and O–H groups in total. The van der Waals surface area contributed by atoms with E-state index in [0.717, 1.165) is 16.5 Å². The highest BCUT2D eigenvalue weighted by Gasteiger charge is 2.19. The minimum absolute atomic E-state index is 0.524. The maximum Gasteiger partial charge on any atom is 0.134 e. The summed E-state index contributed by atoms with van der Waals surface area (Å²) in [5, 5.41) is 14.5. The van der Waals surface area contributed by atoms with Crippen LogP contribution in [0.1, 0.15) is 18.9 Å². The van der Waals surface area contributed by atoms with Crippen LogP contribution in [-0.2, 0) is 11.3 Å². The monoisotopic (exact) mass is 263 g/mol. The summed E-state index contributed by atoms with van der Waals surface area (Å²) in [5.74, 6) is 0. The lowest BCUT2D eigenvalue weighted by Gasteiger charge is -2.23. The zero-order valence-electron chi connectivity index (χ0n) is 11.5. The van der Waals surface area contributed by atoms with Crippen LogP contribution in [-0.4, -0.2) is 31.0 Å². The Morgan fingerprint density at radius 1 is 1.37 bits per heavy atom. The summed E-state index contributed by atoms with van der Waals surface area (Å²) in [5.41, 5.74) is 1.25. The van der Waals surface area contributed by atoms with E-state index in [9.17, 15) is 5.11 Å². The average molecular weight is 263 g/mol. The second kappa shape index (κ2) is 6.19. The number of hydrogen-bond donors (Lipinski definition) is 2. The molecule has 1 heterocycles. The van der Waals surface area contributed by atoms with E-state index >= 15 is 0 Å². The van der Waals surface area contributed by atoms with Crippen LogP contribution in [0.5, 0.6) is 0 Å². The summed E-state index contributed by atoms with van der Waals surface area (Å²) in [6, 6.07) is 7.95. The predicted octanol–water partition coefficient (Wildman–Crippen LogP) is 2.31. The van der Waals surface area contributed by atoms with Gasteiger partial charge in [0.1, 0.15) is 5.58 Å². The molecule has 0 bridgehead atoms. The maximum atomic E-state index is 10.1. The smallest absolute Gasteiger partial charge is 0.134 e. The topological polar surface area (TPSA) is 54.6 Å². The molecule has 104 valence electrons. The number of methoxy groups -OCH3 is 1. The standard InChI is InChI=1S/C15H21NO3/c1-15(17,7-8-18-2)11-16-9-12-10-19-14-6-4-3-5-13(12)14/h3-6,10,16-17H,7-9,11H2,1-2H3. The minimum atomic E-state index is -0.754. The Balaban J connectivity index is 1.89. The van der Waals surface area contributed by atoms with Crippen LogP contribution < -0.4 is 5.32 Å². The summed E-state index contributed by atoms with van der Waals surface area (Å²) in [4.78, 5) is 0. The fourth-order valence-corrected chi connectivity index (χ4v) is 2.05. The summed E-state index contributed by atoms with van der Waals surface area (Å²) in [6.07, 6.45) is 2.38. The zero-order chi connectivity index (χ0) is 13.7. The van der Waals surface area contributed by atoms with Gasteiger partial charge in [-0.3, -0.25) is 0 Å². The highest BCUT2D eigenvalue weighted by molar-refractivity contribution is 5.80. The lowest BCUT2D eigenvalue weighted by Crippen LogP contribution is -2.38. The van der Waals surface area contributed by atoms with E-state index in [4.69, 9.17) is 9.15 Å². The number of ether oxygens (including phenoxy) is 1. The molecule has 0 amide bonds. The molecule has 19 heavy (non-hydrogen) atoms. The molecule has 0 spiro atoms. The molecule has 4 heteroatoms. The highest BCUT2D eigenvalue weighted by atomic mass is 16.5. The van der Waals surface area contributed by atoms with Crippen molar-refractivity contribution in [2.75, 3.05) is 20.3 Å². The number of aliphatic hydroxyl groups is 1. The first-order valence-corrected chi connectivity index (χ1v) is 6.49. The van der Waals surface area contributed by atoms with Crippen LogP contribution in [0.2, 0.25) is 0 Å². The van der Waals surface area contributed by atoms with Crippen molar-refractivity contribution in [3.63, 3.8) is 0 Å². The van der Waals surface area contributed by atoms with Crippen LogP contribution >= 0.6 is 0 Å². The van der Waals surface area contributed by atoms with Gasteiger partial charge < -0.3 is 19.6 Å². The van der Waals surface area contributed by atoms with Gasteiger partial charge in [-0.15, -0.1) is 0 Å². The van der Waals surface area contributed by atoms with Gasteiger partial charge in [-0.05, 0) is 13.0 Å². The maximum absolute atomic E-state index is 10.1. The zero-order valence-corrected chi connectivity index (χ0v) is 11.5. The van der Waals surface area contributed by atoms with Gasteiger partial charge in [0.15, 0.2) is 0 Å². The Morgan fingerprint density at radius 3 is 2.95 bits per heavy atom. The molecule has 2 rings (SSSR count). The molecule has 0 saturated carbocycles. The van der Waals surface area contributed by atoms with Crippen molar-refractivity contribution in [2.45, 2.75) is 25.5 Å². The largest absolute Gasteiger partial charge is 0.464 e. The van der Waals surface area contributed by atoms with E-state index in [0.29, 0.717) is 26.1 Å². The van der Waals surface area contributed by atoms with Crippen molar-refractivity contribution in [1.82, 2.24) is 5.32 Å². The van der Waals surface area contributed by atoms with Gasteiger partial charge in [0, 0.05) is 44.2 Å². The van der Waals surface area contributed by atoms with E-state index in [2.05, 4.69) is 5.32 Å². The molecule has 0 radical (unpaired) electrons. The normalized spacial score (nSPS) is 14.7. The van der Waals surface area contributed by atoms with Crippen LogP contribution in [0, 0.1) is 0 Å². The summed E-state index contributed by atoms with van der Waals surface area (Å²) in [6.45, 7) is 3.58. The fourth-order valence-electron chi connectivity index (χ4n) is 2.05. The summed E-state index contributed by atoms with van der Waals surface area (Å²) >= 11 is 0. The Morgan fingerprint density at radius 2 is 2.16 bits per heavy atom. The van der Waals surface area contributed by atoms with Crippen LogP contribution in [0.15, 0.2) is 34.9 Å². The van der Waals surface area contributed by atoms with Crippen LogP contribution in [0.4, 0.5) is 0 Å². The molecule has 1 aromatic heterocycles. The quantitative estimate of drug-likeness (QED) is 0.805. The van der Waals surface area contributed by atoms with Gasteiger partial charge in [-0.1, -0.05) is 18.2 Å². The van der Waals surface area contributed by atoms with Crippen molar-refractivity contribution >= 4 is 11.0 Å². The van der Waals surface area contributed by atoms with Crippen molar-refractivity contribution < 1.29 is 14.3 Å². The summed E-state index contributed by atoms with van der Waals surface area (Å²) in [7, 11) is 1.64. The van der Waals surface area contributed by atoms with Crippen LogP contribution in [0.25, 0.3) is 11.0 Å². The Hall–Kier alpha value is -1.36. The van der Waals surface area contributed by atoms with Gasteiger partial charge >= 0.3 is 0 Å². The third-order valence-corrected chi connectivity index (χ3v) is 3.23. The van der Waals surface area contributed by atoms with Gasteiger partial charge in [-0.25, -0.2) is 0 Å². The van der Waals surface area contributed by atoms with E-state index < -0.39 is 5.60 Å². The van der Waals surface area contributed by atoms with Crippen LogP contribution in [0.3, 0.4) is 0 Å². The number of furan rings is 1. The Bertz CT molecular complexity index is 519. The first kappa shape index (κ1) is 14.1. The Kier molecular flexibility index (Phi) is 4.58. The van der Waals surface area contributed by atoms with E-state index in [-0.39, 0.29) is 0 Å². The second-order valence-electron chi connectivity index (χ2n) is 5.10. The first-order chi connectivity index (χ1) is 9.12. The van der Waals surface area contributed by atoms with Crippen molar-refractivity contribution in [2.24, 2.45) is 0 Å². The second-order valence-corrected chi connectivity index (χ2v) is 5.10. The number of nitrogens with one attached hydrogen (secondary N) is 1. The van der Waals surface area contributed by atoms with Crippen molar-refractivity contribution in [3.8, 4) is 0 Å². The number of benzene rings is 1. The number of rotatable bonds is 7. The number of para-hydroxylation sites is 1. The lowest BCUT2D eigenvalue weighted by molar-refractivity contribution is 0.0247. The molecule has 0 aliphatic rings. The molecule has 1 atom stereocenters. The number of fused-ring (bicyclic) bond motifs is 1. The molecule has 1 unspecified atom stereocenters. The van der Waals surface area contributed by atoms with Crippen molar-refractivity contribution in [1.29, 1.82) is 0 Å². The molecule has 2 aromatic rings.